The largest absolute Gasteiger partial charge is 0.444 e. The second-order valence-corrected chi connectivity index (χ2v) is 16.9. The molecule has 10 nitrogen and oxygen atoms in total. The Morgan fingerprint density at radius 1 is 0.667 bits per heavy atom. The molecule has 4 aromatic carbocycles. The molecule has 1 N–H and O–H groups in total. The van der Waals surface area contributed by atoms with Gasteiger partial charge in [-0.05, 0) is 69.7 Å². The van der Waals surface area contributed by atoms with E-state index in [1.807, 2.05) is 163 Å². The summed E-state index contributed by atoms with van der Waals surface area (Å²) < 4.78 is 52.5. The van der Waals surface area contributed by atoms with Crippen LogP contribution in [0.25, 0.3) is 0 Å². The predicted molar refractivity (Wildman–Crippen MR) is 231 cm³/mol. The third kappa shape index (κ3) is 13.8. The molecule has 8 atom stereocenters. The first-order chi connectivity index (χ1) is 29.0. The third-order valence-corrected chi connectivity index (χ3v) is 10.4. The van der Waals surface area contributed by atoms with Gasteiger partial charge in [0.2, 0.25) is 0 Å². The number of carbonyl (C=O) groups excluding carboxylic acids is 1. The summed E-state index contributed by atoms with van der Waals surface area (Å²) in [7, 11) is 0. The average Bonchev–Trinajstić information content (AvgIpc) is 3.56. The number of hydrogen-bond acceptors (Lipinski definition) is 9. The van der Waals surface area contributed by atoms with Crippen LogP contribution in [0.3, 0.4) is 0 Å². The summed E-state index contributed by atoms with van der Waals surface area (Å²) in [5.74, 6) is -0.819. The average molecular weight is 822 g/mol. The van der Waals surface area contributed by atoms with E-state index in [4.69, 9.17) is 37.9 Å². The van der Waals surface area contributed by atoms with E-state index in [0.29, 0.717) is 39.3 Å². The molecule has 2 saturated heterocycles. The van der Waals surface area contributed by atoms with Gasteiger partial charge in [0.15, 0.2) is 5.79 Å². The van der Waals surface area contributed by atoms with E-state index in [1.165, 1.54) is 0 Å². The predicted octanol–water partition coefficient (Wildman–Crippen LogP) is 9.50. The molecular weight excluding hydrogens is 759 g/mol. The van der Waals surface area contributed by atoms with Crippen molar-refractivity contribution in [1.29, 1.82) is 0 Å². The van der Waals surface area contributed by atoms with Gasteiger partial charge in [-0.2, -0.15) is 0 Å². The van der Waals surface area contributed by atoms with Crippen LogP contribution in [-0.4, -0.2) is 72.9 Å². The maximum absolute atomic E-state index is 13.2. The Morgan fingerprint density at radius 3 is 1.62 bits per heavy atom. The van der Waals surface area contributed by atoms with Gasteiger partial charge in [-0.25, -0.2) is 4.79 Å². The molecule has 0 aliphatic carbocycles. The van der Waals surface area contributed by atoms with E-state index in [2.05, 4.69) is 17.4 Å². The monoisotopic (exact) mass is 821 g/mol. The molecule has 0 saturated carbocycles. The van der Waals surface area contributed by atoms with Crippen LogP contribution >= 0.6 is 0 Å². The van der Waals surface area contributed by atoms with E-state index in [0.717, 1.165) is 22.3 Å². The highest BCUT2D eigenvalue weighted by Gasteiger charge is 2.48. The van der Waals surface area contributed by atoms with Crippen molar-refractivity contribution in [2.75, 3.05) is 6.61 Å². The minimum absolute atomic E-state index is 0.248. The van der Waals surface area contributed by atoms with Crippen molar-refractivity contribution in [2.24, 2.45) is 0 Å². The van der Waals surface area contributed by atoms with E-state index in [9.17, 15) is 4.79 Å². The van der Waals surface area contributed by atoms with Crippen molar-refractivity contribution in [2.45, 2.75) is 141 Å². The van der Waals surface area contributed by atoms with Crippen LogP contribution in [0.15, 0.2) is 133 Å². The smallest absolute Gasteiger partial charge is 0.408 e. The molecule has 2 fully saturated rings. The Kier molecular flexibility index (Phi) is 16.5. The number of ether oxygens (including phenoxy) is 8. The number of rotatable bonds is 19. The maximum atomic E-state index is 13.2. The maximum Gasteiger partial charge on any atom is 0.408 e. The van der Waals surface area contributed by atoms with Crippen molar-refractivity contribution in [1.82, 2.24) is 5.32 Å². The van der Waals surface area contributed by atoms with E-state index in [-0.39, 0.29) is 12.7 Å². The van der Waals surface area contributed by atoms with Crippen molar-refractivity contribution < 1.29 is 42.7 Å². The van der Waals surface area contributed by atoms with Crippen LogP contribution in [0.2, 0.25) is 0 Å². The highest BCUT2D eigenvalue weighted by Crippen LogP contribution is 2.34. The molecule has 10 heteroatoms. The van der Waals surface area contributed by atoms with Gasteiger partial charge in [-0.15, -0.1) is 0 Å². The van der Waals surface area contributed by atoms with Crippen LogP contribution in [0.5, 0.6) is 0 Å². The topological polar surface area (TPSA) is 103 Å². The number of benzene rings is 4. The summed E-state index contributed by atoms with van der Waals surface area (Å²) in [6.07, 6.45) is 1.19. The lowest BCUT2D eigenvalue weighted by Crippen LogP contribution is -2.61. The van der Waals surface area contributed by atoms with E-state index in [1.54, 1.807) is 0 Å². The molecule has 0 spiro atoms. The second kappa shape index (κ2) is 21.9. The number of hydrogen-bond donors (Lipinski definition) is 1. The Bertz CT molecular complexity index is 1870. The number of amides is 1. The van der Waals surface area contributed by atoms with Gasteiger partial charge in [0.05, 0.1) is 51.3 Å². The minimum atomic E-state index is -0.819. The summed E-state index contributed by atoms with van der Waals surface area (Å²) in [5.41, 5.74) is 3.47. The summed E-state index contributed by atoms with van der Waals surface area (Å²) in [6.45, 7) is 13.1. The Balaban J connectivity index is 1.33. The van der Waals surface area contributed by atoms with Gasteiger partial charge in [-0.1, -0.05) is 140 Å². The normalized spacial score (nSPS) is 24.6. The van der Waals surface area contributed by atoms with Crippen LogP contribution in [0.4, 0.5) is 4.79 Å². The van der Waals surface area contributed by atoms with E-state index < -0.39 is 60.1 Å². The summed E-state index contributed by atoms with van der Waals surface area (Å²) >= 11 is 0. The summed E-state index contributed by atoms with van der Waals surface area (Å²) in [6, 6.07) is 39.8. The number of alkyl carbamates (subject to hydrolysis) is 1. The van der Waals surface area contributed by atoms with Gasteiger partial charge >= 0.3 is 6.09 Å². The Labute approximate surface area is 356 Å². The van der Waals surface area contributed by atoms with Crippen LogP contribution in [0.1, 0.15) is 76.6 Å². The standard InChI is InChI=1S/C50H63NO9/c1-7-41-44(59-50(5,6)58-41)40(51-48(52)60-49(2,3)4)29-20-30-42-45(54-32-37-23-14-9-15-24-37)47(56-34-39-27-18-11-19-28-39)46(55-33-38-25-16-10-17-26-38)43(57-42)35-53-31-36-21-12-8-13-22-36/h8-29,40-47H,7,30-35H2,1-6H3,(H,51,52)/b29-20+/t40-,41+,42+,43?,44-,45?,46-,47-/m0/s1. The first kappa shape index (κ1) is 45.1. The molecule has 60 heavy (non-hydrogen) atoms. The molecule has 322 valence electrons. The molecular formula is C50H63NO9. The SMILES string of the molecule is CC[C@H]1OC(C)(C)O[C@H]1[C@H](/C=C/C[C@H]1OC(COCc2ccccc2)[C@H](OCc2ccccc2)[C@@H](OCc2ccccc2)C1OCc1ccccc1)NC(=O)OC(C)(C)C. The fraction of sp³-hybridized carbons (Fsp3) is 0.460. The van der Waals surface area contributed by atoms with E-state index >= 15 is 0 Å². The minimum Gasteiger partial charge on any atom is -0.444 e. The Hall–Kier alpha value is -4.39. The van der Waals surface area contributed by atoms with Crippen LogP contribution in [0, 0.1) is 0 Å². The number of carbonyl (C=O) groups is 1. The molecule has 1 amide bonds. The fourth-order valence-corrected chi connectivity index (χ4v) is 7.60. The molecule has 2 heterocycles. The Morgan fingerprint density at radius 2 is 1.13 bits per heavy atom. The number of nitrogens with one attached hydrogen (secondary N) is 1. The summed E-state index contributed by atoms with van der Waals surface area (Å²) in [4.78, 5) is 13.2. The quantitative estimate of drug-likeness (QED) is 0.0927. The van der Waals surface area contributed by atoms with Gasteiger partial charge < -0.3 is 43.2 Å². The molecule has 4 aromatic rings. The van der Waals surface area contributed by atoms with Crippen molar-refractivity contribution in [3.05, 3.63) is 156 Å². The lowest BCUT2D eigenvalue weighted by molar-refractivity contribution is -0.271. The molecule has 0 radical (unpaired) electrons. The third-order valence-electron chi connectivity index (χ3n) is 10.4. The molecule has 2 aliphatic rings. The summed E-state index contributed by atoms with van der Waals surface area (Å²) in [5, 5.41) is 3.06. The van der Waals surface area contributed by atoms with Gasteiger partial charge in [-0.3, -0.25) is 0 Å². The van der Waals surface area contributed by atoms with Crippen molar-refractivity contribution >= 4 is 6.09 Å². The zero-order chi connectivity index (χ0) is 42.4. The molecule has 6 rings (SSSR count). The molecule has 2 aliphatic heterocycles. The van der Waals surface area contributed by atoms with Crippen LogP contribution in [-0.2, 0) is 64.3 Å². The highest BCUT2D eigenvalue weighted by atomic mass is 16.8. The highest BCUT2D eigenvalue weighted by molar-refractivity contribution is 5.68. The lowest BCUT2D eigenvalue weighted by Gasteiger charge is -2.46. The van der Waals surface area contributed by atoms with Crippen molar-refractivity contribution in [3.63, 3.8) is 0 Å². The zero-order valence-corrected chi connectivity index (χ0v) is 35.9. The van der Waals surface area contributed by atoms with Crippen molar-refractivity contribution in [3.8, 4) is 0 Å². The van der Waals surface area contributed by atoms with Gasteiger partial charge in [0.1, 0.15) is 36.1 Å². The molecule has 2 unspecified atom stereocenters. The molecule has 0 bridgehead atoms. The van der Waals surface area contributed by atoms with Gasteiger partial charge in [0, 0.05) is 0 Å². The van der Waals surface area contributed by atoms with Gasteiger partial charge in [0.25, 0.3) is 0 Å². The molecule has 0 aromatic heterocycles. The lowest BCUT2D eigenvalue weighted by atomic mass is 9.92. The zero-order valence-electron chi connectivity index (χ0n) is 35.9. The first-order valence-corrected chi connectivity index (χ1v) is 21.2. The fourth-order valence-electron chi connectivity index (χ4n) is 7.60. The first-order valence-electron chi connectivity index (χ1n) is 21.2. The van der Waals surface area contributed by atoms with Crippen LogP contribution < -0.4 is 5.32 Å². The second-order valence-electron chi connectivity index (χ2n) is 16.9.